The third-order valence-electron chi connectivity index (χ3n) is 7.92. The number of carboxylic acid groups (broad SMARTS) is 2. The molecule has 2 aromatic rings. The number of hydrogen-bond donors (Lipinski definition) is 2. The summed E-state index contributed by atoms with van der Waals surface area (Å²) in [4.78, 5) is 32.0. The minimum atomic E-state index is -3.05. The van der Waals surface area contributed by atoms with Gasteiger partial charge in [-0.2, -0.15) is 0 Å². The molecular formula is C29H38N4Na2O7. The normalized spacial score (nSPS) is 19.7. The maximum Gasteiger partial charge on any atom is 1.00 e. The molecule has 0 bridgehead atoms. The zero-order chi connectivity index (χ0) is 29.2. The number of aliphatic hydroxyl groups is 1. The minimum absolute atomic E-state index is 0. The molecule has 2 aliphatic rings. The van der Waals surface area contributed by atoms with Crippen LogP contribution in [0.2, 0.25) is 0 Å². The molecule has 11 nitrogen and oxygen atoms in total. The Bertz CT molecular complexity index is 1290. The van der Waals surface area contributed by atoms with Crippen LogP contribution in [0.1, 0.15) is 48.9 Å². The molecule has 0 aliphatic carbocycles. The van der Waals surface area contributed by atoms with Gasteiger partial charge in [-0.05, 0) is 76.3 Å². The Morgan fingerprint density at radius 3 is 2.40 bits per heavy atom. The van der Waals surface area contributed by atoms with Crippen LogP contribution in [0.5, 0.6) is 11.5 Å². The summed E-state index contributed by atoms with van der Waals surface area (Å²) in [6.07, 6.45) is 1.93. The fourth-order valence-electron chi connectivity index (χ4n) is 5.63. The van der Waals surface area contributed by atoms with Crippen molar-refractivity contribution in [3.05, 3.63) is 40.6 Å². The molecule has 0 spiro atoms. The van der Waals surface area contributed by atoms with Crippen molar-refractivity contribution in [2.75, 3.05) is 49.5 Å². The number of benzene rings is 1. The van der Waals surface area contributed by atoms with Gasteiger partial charge in [-0.15, -0.1) is 0 Å². The van der Waals surface area contributed by atoms with Crippen molar-refractivity contribution in [2.24, 2.45) is 0 Å². The quantitative estimate of drug-likeness (QED) is 0.198. The number of hydrogen-bond acceptors (Lipinski definition) is 11. The Hall–Kier alpha value is -1.57. The number of aromatic nitrogens is 1. The third-order valence-corrected chi connectivity index (χ3v) is 7.92. The van der Waals surface area contributed by atoms with E-state index < -0.39 is 29.7 Å². The molecule has 0 radical (unpaired) electrons. The summed E-state index contributed by atoms with van der Waals surface area (Å²) in [7, 11) is 0. The van der Waals surface area contributed by atoms with Gasteiger partial charge in [-0.3, -0.25) is 4.90 Å². The molecule has 2 N–H and O–H groups in total. The van der Waals surface area contributed by atoms with Gasteiger partial charge < -0.3 is 44.6 Å². The van der Waals surface area contributed by atoms with E-state index in [1.165, 1.54) is 0 Å². The number of carbonyl (C=O) groups excluding carboxylic acids is 2. The van der Waals surface area contributed by atoms with Crippen molar-refractivity contribution in [3.8, 4) is 11.5 Å². The topological polar surface area (TPSA) is 150 Å². The first-order valence-electron chi connectivity index (χ1n) is 13.7. The van der Waals surface area contributed by atoms with E-state index in [-0.39, 0.29) is 64.9 Å². The molecule has 218 valence electrons. The summed E-state index contributed by atoms with van der Waals surface area (Å²) in [5.41, 5.74) is 3.34. The van der Waals surface area contributed by atoms with Crippen LogP contribution in [0.4, 0.5) is 11.5 Å². The van der Waals surface area contributed by atoms with Crippen LogP contribution in [0.3, 0.4) is 0 Å². The van der Waals surface area contributed by atoms with E-state index in [1.54, 1.807) is 13.8 Å². The van der Waals surface area contributed by atoms with Crippen molar-refractivity contribution >= 4 is 23.4 Å². The van der Waals surface area contributed by atoms with Crippen LogP contribution < -0.4 is 89.0 Å². The summed E-state index contributed by atoms with van der Waals surface area (Å²) in [5.74, 6) is -5.06. The first-order chi connectivity index (χ1) is 18.9. The molecule has 0 saturated carbocycles. The number of aliphatic carboxylic acids is 2. The zero-order valence-electron chi connectivity index (χ0n) is 25.8. The van der Waals surface area contributed by atoms with E-state index >= 15 is 0 Å². The Balaban J connectivity index is 0.00000308. The molecule has 1 aromatic heterocycles. The van der Waals surface area contributed by atoms with Gasteiger partial charge in [-0.25, -0.2) is 4.98 Å². The number of carboxylic acids is 2. The maximum absolute atomic E-state index is 11.6. The Labute approximate surface area is 291 Å². The molecule has 2 atom stereocenters. The smallest absolute Gasteiger partial charge is 0.550 e. The van der Waals surface area contributed by atoms with Gasteiger partial charge in [0.1, 0.15) is 23.1 Å². The second-order valence-corrected chi connectivity index (χ2v) is 11.0. The second kappa shape index (κ2) is 14.9. The van der Waals surface area contributed by atoms with Gasteiger partial charge in [0, 0.05) is 57.0 Å². The van der Waals surface area contributed by atoms with Crippen molar-refractivity contribution < 1.29 is 93.5 Å². The average Bonchev–Trinajstić information content (AvgIpc) is 2.90. The number of anilines is 2. The number of piperazine rings is 1. The molecule has 2 aliphatic heterocycles. The number of rotatable bonds is 10. The standard InChI is InChI=1S/C29H40N4O7.2Na/c1-6-30-22-8-7-11-31-26(22)33-14-12-32(13-15-33)17-28(5)10-9-21-20(4)24(18(2)19(3)25(21)39-28)40-29(38,27(36)37)16-23(34)35;;/h7-8,11,30,38H,6,9-10,12-17H2,1-5H3,(H,34,35)(H,36,37);;/q;2*+1/p-2. The number of nitrogens with one attached hydrogen (secondary N) is 1. The van der Waals surface area contributed by atoms with Crippen LogP contribution in [0.25, 0.3) is 0 Å². The molecule has 3 heterocycles. The SMILES string of the molecule is CCNc1cccnc1N1CCN(CC2(C)CCc3c(C)c(OC(O)(CC(=O)[O-])C(=O)[O-])c(C)c(C)c3O2)CC1.[Na+].[Na+]. The van der Waals surface area contributed by atoms with Crippen LogP contribution in [0, 0.1) is 20.8 Å². The van der Waals surface area contributed by atoms with E-state index in [1.807, 2.05) is 19.2 Å². The van der Waals surface area contributed by atoms with Crippen molar-refractivity contribution in [2.45, 2.75) is 65.3 Å². The zero-order valence-corrected chi connectivity index (χ0v) is 29.8. The molecule has 1 aromatic carbocycles. The monoisotopic (exact) mass is 600 g/mol. The van der Waals surface area contributed by atoms with Gasteiger partial charge in [0.05, 0.1) is 12.1 Å². The van der Waals surface area contributed by atoms with Gasteiger partial charge >= 0.3 is 59.1 Å². The fourth-order valence-corrected chi connectivity index (χ4v) is 5.63. The van der Waals surface area contributed by atoms with Crippen molar-refractivity contribution in [1.29, 1.82) is 0 Å². The summed E-state index contributed by atoms with van der Waals surface area (Å²) >= 11 is 0. The van der Waals surface area contributed by atoms with Crippen molar-refractivity contribution in [1.82, 2.24) is 9.88 Å². The summed E-state index contributed by atoms with van der Waals surface area (Å²) < 4.78 is 12.1. The Kier molecular flexibility index (Phi) is 13.0. The van der Waals surface area contributed by atoms with Crippen LogP contribution in [0.15, 0.2) is 18.3 Å². The van der Waals surface area contributed by atoms with Gasteiger partial charge in [-0.1, -0.05) is 0 Å². The van der Waals surface area contributed by atoms with E-state index in [9.17, 15) is 24.9 Å². The Morgan fingerprint density at radius 2 is 1.81 bits per heavy atom. The maximum atomic E-state index is 11.6. The predicted molar refractivity (Wildman–Crippen MR) is 145 cm³/mol. The second-order valence-electron chi connectivity index (χ2n) is 11.0. The van der Waals surface area contributed by atoms with Crippen LogP contribution >= 0.6 is 0 Å². The van der Waals surface area contributed by atoms with Crippen LogP contribution in [-0.2, 0) is 16.0 Å². The van der Waals surface area contributed by atoms with E-state index in [0.717, 1.165) is 74.1 Å². The third kappa shape index (κ3) is 7.92. The number of pyridine rings is 1. The van der Waals surface area contributed by atoms with Gasteiger partial charge in [0.25, 0.3) is 5.79 Å². The first-order valence-corrected chi connectivity index (χ1v) is 13.7. The van der Waals surface area contributed by atoms with Crippen LogP contribution in [-0.4, -0.2) is 77.6 Å². The minimum Gasteiger partial charge on any atom is -0.550 e. The number of fused-ring (bicyclic) bond motifs is 1. The predicted octanol–water partition coefficient (Wildman–Crippen LogP) is -5.69. The van der Waals surface area contributed by atoms with Gasteiger partial charge in [0.15, 0.2) is 5.82 Å². The molecule has 13 heteroatoms. The molecule has 42 heavy (non-hydrogen) atoms. The molecule has 1 fully saturated rings. The van der Waals surface area contributed by atoms with E-state index in [0.29, 0.717) is 17.5 Å². The van der Waals surface area contributed by atoms with E-state index in [4.69, 9.17) is 9.47 Å². The molecule has 2 unspecified atom stereocenters. The molecule has 0 amide bonds. The summed E-state index contributed by atoms with van der Waals surface area (Å²) in [6, 6.07) is 3.99. The number of ether oxygens (including phenoxy) is 2. The molecule has 1 saturated heterocycles. The van der Waals surface area contributed by atoms with Gasteiger partial charge in [0.2, 0.25) is 0 Å². The summed E-state index contributed by atoms with van der Waals surface area (Å²) in [5, 5.41) is 36.4. The Morgan fingerprint density at radius 1 is 1.14 bits per heavy atom. The fraction of sp³-hybridized carbons (Fsp3) is 0.552. The largest absolute Gasteiger partial charge is 1.00 e. The van der Waals surface area contributed by atoms with Crippen molar-refractivity contribution in [3.63, 3.8) is 0 Å². The number of nitrogens with zero attached hydrogens (tertiary/aromatic N) is 3. The first kappa shape index (κ1) is 36.6. The molecule has 4 rings (SSSR count). The van der Waals surface area contributed by atoms with E-state index in [2.05, 4.69) is 40.0 Å². The number of carbonyl (C=O) groups is 2. The summed E-state index contributed by atoms with van der Waals surface area (Å²) in [6.45, 7) is 14.5. The molecular weight excluding hydrogens is 562 g/mol. The average molecular weight is 601 g/mol.